The van der Waals surface area contributed by atoms with Gasteiger partial charge >= 0.3 is 0 Å². The minimum Gasteiger partial charge on any atom is -0.454 e. The van der Waals surface area contributed by atoms with E-state index in [1.54, 1.807) is 42.5 Å². The van der Waals surface area contributed by atoms with E-state index >= 15 is 0 Å². The predicted octanol–water partition coefficient (Wildman–Crippen LogP) is 4.73. The summed E-state index contributed by atoms with van der Waals surface area (Å²) in [4.78, 5) is 0. The normalized spacial score (nSPS) is 13.9. The lowest BCUT2D eigenvalue weighted by Crippen LogP contribution is -2.14. The van der Waals surface area contributed by atoms with Gasteiger partial charge in [0.15, 0.2) is 17.7 Å². The highest BCUT2D eigenvalue weighted by atomic mass is 19.2. The Kier molecular flexibility index (Phi) is 6.23. The number of hydrogen-bond acceptors (Lipinski definition) is 2. The highest BCUT2D eigenvalue weighted by Crippen LogP contribution is 2.25. The summed E-state index contributed by atoms with van der Waals surface area (Å²) < 4.78 is 44.4. The fourth-order valence-corrected chi connectivity index (χ4v) is 1.93. The average molecular weight is 322 g/mol. The quantitative estimate of drug-likeness (QED) is 0.747. The highest BCUT2D eigenvalue weighted by Gasteiger charge is 2.14. The molecule has 0 radical (unpaired) electrons. The predicted molar refractivity (Wildman–Crippen MR) is 82.4 cm³/mol. The van der Waals surface area contributed by atoms with Gasteiger partial charge in [0.2, 0.25) is 6.36 Å². The Morgan fingerprint density at radius 1 is 1.04 bits per heavy atom. The van der Waals surface area contributed by atoms with Crippen LogP contribution >= 0.6 is 0 Å². The van der Waals surface area contributed by atoms with E-state index < -0.39 is 18.3 Å². The molecule has 0 saturated heterocycles. The van der Waals surface area contributed by atoms with Crippen LogP contribution < -0.4 is 4.74 Å². The SMILES string of the molecule is OC(F)C(F)CC=CCc1ccc(F)c(Oc2ccccc2)c1. The molecule has 0 aliphatic heterocycles. The van der Waals surface area contributed by atoms with Crippen LogP contribution in [0, 0.1) is 5.82 Å². The minimum atomic E-state index is -2.48. The molecular formula is C18H17F3O2. The Bertz CT molecular complexity index is 642. The molecule has 2 atom stereocenters. The number of allylic oxidation sites excluding steroid dienone is 2. The largest absolute Gasteiger partial charge is 0.454 e. The van der Waals surface area contributed by atoms with E-state index in [-0.39, 0.29) is 12.2 Å². The number of para-hydroxylation sites is 1. The molecule has 0 aromatic heterocycles. The van der Waals surface area contributed by atoms with Crippen LogP contribution in [0.15, 0.2) is 60.7 Å². The number of rotatable bonds is 7. The van der Waals surface area contributed by atoms with Crippen molar-refractivity contribution in [3.63, 3.8) is 0 Å². The summed E-state index contributed by atoms with van der Waals surface area (Å²) >= 11 is 0. The Balaban J connectivity index is 1.98. The molecule has 0 spiro atoms. The van der Waals surface area contributed by atoms with Gasteiger partial charge in [0.1, 0.15) is 5.75 Å². The summed E-state index contributed by atoms with van der Waals surface area (Å²) in [5.41, 5.74) is 0.768. The second-order valence-electron chi connectivity index (χ2n) is 4.98. The molecule has 0 saturated carbocycles. The van der Waals surface area contributed by atoms with Crippen LogP contribution in [0.2, 0.25) is 0 Å². The van der Waals surface area contributed by atoms with E-state index in [1.807, 2.05) is 6.07 Å². The zero-order chi connectivity index (χ0) is 16.7. The van der Waals surface area contributed by atoms with E-state index in [0.717, 1.165) is 5.56 Å². The topological polar surface area (TPSA) is 29.5 Å². The van der Waals surface area contributed by atoms with Crippen molar-refractivity contribution in [2.75, 3.05) is 0 Å². The van der Waals surface area contributed by atoms with Gasteiger partial charge in [0.05, 0.1) is 0 Å². The molecule has 0 aliphatic carbocycles. The first-order valence-corrected chi connectivity index (χ1v) is 7.19. The Morgan fingerprint density at radius 3 is 2.48 bits per heavy atom. The van der Waals surface area contributed by atoms with Crippen LogP contribution in [-0.4, -0.2) is 17.6 Å². The molecule has 0 bridgehead atoms. The molecule has 0 aliphatic rings. The van der Waals surface area contributed by atoms with Crippen molar-refractivity contribution < 1.29 is 23.0 Å². The third-order valence-corrected chi connectivity index (χ3v) is 3.15. The van der Waals surface area contributed by atoms with Crippen molar-refractivity contribution >= 4 is 0 Å². The monoisotopic (exact) mass is 322 g/mol. The van der Waals surface area contributed by atoms with Crippen molar-refractivity contribution in [2.24, 2.45) is 0 Å². The third kappa shape index (κ3) is 5.45. The van der Waals surface area contributed by atoms with E-state index in [4.69, 9.17) is 9.84 Å². The molecule has 2 aromatic rings. The van der Waals surface area contributed by atoms with Gasteiger partial charge in [-0.15, -0.1) is 0 Å². The number of benzene rings is 2. The van der Waals surface area contributed by atoms with E-state index in [1.165, 1.54) is 12.1 Å². The molecule has 2 rings (SSSR count). The van der Waals surface area contributed by atoms with Crippen molar-refractivity contribution in [3.8, 4) is 11.5 Å². The fraction of sp³-hybridized carbons (Fsp3) is 0.222. The Labute approximate surface area is 132 Å². The summed E-state index contributed by atoms with van der Waals surface area (Å²) in [6.45, 7) is 0. The van der Waals surface area contributed by atoms with E-state index in [2.05, 4.69) is 0 Å². The summed E-state index contributed by atoms with van der Waals surface area (Å²) in [5, 5.41) is 8.41. The summed E-state index contributed by atoms with van der Waals surface area (Å²) in [5.74, 6) is 0.145. The van der Waals surface area contributed by atoms with Gasteiger partial charge in [0.25, 0.3) is 0 Å². The van der Waals surface area contributed by atoms with Gasteiger partial charge in [0, 0.05) is 6.42 Å². The van der Waals surface area contributed by atoms with Gasteiger partial charge in [-0.2, -0.15) is 0 Å². The van der Waals surface area contributed by atoms with Gasteiger partial charge in [-0.1, -0.05) is 36.4 Å². The lowest BCUT2D eigenvalue weighted by atomic mass is 10.1. The molecule has 2 unspecified atom stereocenters. The van der Waals surface area contributed by atoms with E-state index in [0.29, 0.717) is 12.2 Å². The first-order valence-electron chi connectivity index (χ1n) is 7.19. The van der Waals surface area contributed by atoms with Gasteiger partial charge < -0.3 is 9.84 Å². The molecular weight excluding hydrogens is 305 g/mol. The Hall–Kier alpha value is -2.27. The summed E-state index contributed by atoms with van der Waals surface area (Å²) in [6, 6.07) is 13.3. The molecule has 2 nitrogen and oxygen atoms in total. The first-order chi connectivity index (χ1) is 11.1. The Morgan fingerprint density at radius 2 is 1.78 bits per heavy atom. The summed E-state index contributed by atoms with van der Waals surface area (Å²) in [6.07, 6.45) is -1.14. The van der Waals surface area contributed by atoms with Crippen LogP contribution in [0.1, 0.15) is 12.0 Å². The second-order valence-corrected chi connectivity index (χ2v) is 4.98. The number of halogens is 3. The van der Waals surface area contributed by atoms with Crippen molar-refractivity contribution in [1.82, 2.24) is 0 Å². The fourth-order valence-electron chi connectivity index (χ4n) is 1.93. The number of alkyl halides is 2. The number of hydrogen-bond donors (Lipinski definition) is 1. The van der Waals surface area contributed by atoms with Gasteiger partial charge in [-0.05, 0) is 36.2 Å². The van der Waals surface area contributed by atoms with Crippen LogP contribution in [0.5, 0.6) is 11.5 Å². The van der Waals surface area contributed by atoms with Gasteiger partial charge in [-0.3, -0.25) is 0 Å². The van der Waals surface area contributed by atoms with Crippen molar-refractivity contribution in [3.05, 3.63) is 72.1 Å². The molecule has 0 amide bonds. The van der Waals surface area contributed by atoms with Crippen molar-refractivity contribution in [1.29, 1.82) is 0 Å². The molecule has 23 heavy (non-hydrogen) atoms. The smallest absolute Gasteiger partial charge is 0.228 e. The van der Waals surface area contributed by atoms with Crippen LogP contribution in [0.25, 0.3) is 0 Å². The first kappa shape index (κ1) is 17.1. The molecule has 1 N–H and O–H groups in total. The van der Waals surface area contributed by atoms with Gasteiger partial charge in [-0.25, -0.2) is 13.2 Å². The van der Waals surface area contributed by atoms with Crippen LogP contribution in [0.4, 0.5) is 13.2 Å². The number of ether oxygens (including phenoxy) is 1. The highest BCUT2D eigenvalue weighted by molar-refractivity contribution is 5.35. The maximum absolute atomic E-state index is 13.8. The minimum absolute atomic E-state index is 0.102. The standard InChI is InChI=1S/C18H17F3O2/c19-15-11-10-13(6-4-5-9-16(20)18(21)22)12-17(15)23-14-7-2-1-3-8-14/h1-5,7-8,10-12,16,18,22H,6,9H2. The molecule has 2 aromatic carbocycles. The third-order valence-electron chi connectivity index (χ3n) is 3.15. The zero-order valence-corrected chi connectivity index (χ0v) is 12.3. The lowest BCUT2D eigenvalue weighted by molar-refractivity contribution is -0.0257. The summed E-state index contributed by atoms with van der Waals surface area (Å²) in [7, 11) is 0. The molecule has 5 heteroatoms. The maximum atomic E-state index is 13.8. The zero-order valence-electron chi connectivity index (χ0n) is 12.3. The number of aliphatic hydroxyl groups is 1. The maximum Gasteiger partial charge on any atom is 0.228 e. The average Bonchev–Trinajstić information content (AvgIpc) is 2.55. The lowest BCUT2D eigenvalue weighted by Gasteiger charge is -2.08. The number of aliphatic hydroxyl groups excluding tert-OH is 1. The van der Waals surface area contributed by atoms with Crippen molar-refractivity contribution in [2.45, 2.75) is 25.4 Å². The molecule has 122 valence electrons. The van der Waals surface area contributed by atoms with Crippen LogP contribution in [-0.2, 0) is 6.42 Å². The molecule has 0 heterocycles. The second kappa shape index (κ2) is 8.39. The molecule has 0 fully saturated rings. The van der Waals surface area contributed by atoms with E-state index in [9.17, 15) is 13.2 Å². The van der Waals surface area contributed by atoms with Crippen LogP contribution in [0.3, 0.4) is 0 Å².